The predicted molar refractivity (Wildman–Crippen MR) is 76.7 cm³/mol. The maximum absolute atomic E-state index is 5.63. The average Bonchev–Trinajstić information content (AvgIpc) is 2.96. The molecule has 0 aliphatic carbocycles. The van der Waals surface area contributed by atoms with E-state index in [1.54, 1.807) is 0 Å². The van der Waals surface area contributed by atoms with Crippen molar-refractivity contribution >= 4 is 16.7 Å². The highest BCUT2D eigenvalue weighted by atomic mass is 32.1. The molecule has 0 spiro atoms. The molecule has 2 aromatic rings. The highest BCUT2D eigenvalue weighted by Crippen LogP contribution is 2.24. The van der Waals surface area contributed by atoms with E-state index in [-0.39, 0.29) is 0 Å². The first-order chi connectivity index (χ1) is 9.42. The van der Waals surface area contributed by atoms with Crippen molar-refractivity contribution in [1.29, 1.82) is 0 Å². The molecule has 0 bridgehead atoms. The lowest BCUT2D eigenvalue weighted by Crippen LogP contribution is -2.29. The summed E-state index contributed by atoms with van der Waals surface area (Å²) in [5.74, 6) is 0. The molecule has 0 amide bonds. The van der Waals surface area contributed by atoms with Gasteiger partial charge in [0.05, 0.1) is 0 Å². The monoisotopic (exact) mass is 275 g/mol. The van der Waals surface area contributed by atoms with E-state index in [0.29, 0.717) is 12.6 Å². The molecule has 19 heavy (non-hydrogen) atoms. The van der Waals surface area contributed by atoms with Gasteiger partial charge < -0.3 is 9.64 Å². The maximum Gasteiger partial charge on any atom is 0.330 e. The number of ether oxygens (including phenoxy) is 1. The summed E-state index contributed by atoms with van der Waals surface area (Å²) in [5, 5.41) is 0.989. The summed E-state index contributed by atoms with van der Waals surface area (Å²) in [5.41, 5.74) is 1.14. The first kappa shape index (κ1) is 12.4. The van der Waals surface area contributed by atoms with Crippen LogP contribution in [0.4, 0.5) is 5.13 Å². The lowest BCUT2D eigenvalue weighted by Gasteiger charge is -2.25. The molecule has 1 aliphatic heterocycles. The molecule has 1 saturated heterocycles. The molecule has 4 nitrogen and oxygen atoms in total. The number of hydrogen-bond acceptors (Lipinski definition) is 5. The van der Waals surface area contributed by atoms with Crippen molar-refractivity contribution in [2.24, 2.45) is 0 Å². The van der Waals surface area contributed by atoms with Crippen LogP contribution >= 0.6 is 11.5 Å². The fraction of sp³-hybridized carbons (Fsp3) is 0.429. The zero-order valence-corrected chi connectivity index (χ0v) is 11.6. The van der Waals surface area contributed by atoms with E-state index in [1.165, 1.54) is 30.8 Å². The first-order valence-electron chi connectivity index (χ1n) is 6.67. The molecule has 1 fully saturated rings. The minimum Gasteiger partial charge on any atom is -0.458 e. The third-order valence-corrected chi connectivity index (χ3v) is 3.99. The number of nitrogens with zero attached hydrogens (tertiary/aromatic N) is 3. The minimum absolute atomic E-state index is 0.495. The van der Waals surface area contributed by atoms with Crippen LogP contribution in [-0.2, 0) is 6.61 Å². The predicted octanol–water partition coefficient (Wildman–Crippen LogP) is 3.11. The molecule has 0 atom stereocenters. The molecule has 3 rings (SSSR count). The van der Waals surface area contributed by atoms with Crippen LogP contribution < -0.4 is 9.64 Å². The topological polar surface area (TPSA) is 38.2 Å². The zero-order valence-electron chi connectivity index (χ0n) is 10.8. The number of benzene rings is 1. The number of rotatable bonds is 4. The van der Waals surface area contributed by atoms with Gasteiger partial charge in [0.25, 0.3) is 0 Å². The normalized spacial score (nSPS) is 15.5. The van der Waals surface area contributed by atoms with Crippen molar-refractivity contribution in [3.8, 4) is 6.01 Å². The van der Waals surface area contributed by atoms with Gasteiger partial charge in [0.15, 0.2) is 0 Å². The second kappa shape index (κ2) is 6.02. The van der Waals surface area contributed by atoms with Gasteiger partial charge in [-0.3, -0.25) is 0 Å². The van der Waals surface area contributed by atoms with Gasteiger partial charge in [0.2, 0.25) is 5.13 Å². The lowest BCUT2D eigenvalue weighted by molar-refractivity contribution is 0.285. The summed E-state index contributed by atoms with van der Waals surface area (Å²) in [6.07, 6.45) is 3.83. The molecule has 0 saturated carbocycles. The average molecular weight is 275 g/mol. The number of hydrogen-bond donors (Lipinski definition) is 0. The lowest BCUT2D eigenvalue weighted by atomic mass is 10.1. The number of anilines is 1. The molecule has 2 heterocycles. The summed E-state index contributed by atoms with van der Waals surface area (Å²) in [4.78, 5) is 6.76. The number of aromatic nitrogens is 2. The zero-order chi connectivity index (χ0) is 12.9. The molecular weight excluding hydrogens is 258 g/mol. The van der Waals surface area contributed by atoms with Crippen molar-refractivity contribution in [1.82, 2.24) is 9.36 Å². The molecular formula is C14H17N3OS. The molecule has 0 N–H and O–H groups in total. The third-order valence-electron chi connectivity index (χ3n) is 3.23. The maximum atomic E-state index is 5.63. The van der Waals surface area contributed by atoms with Gasteiger partial charge in [-0.25, -0.2) is 0 Å². The molecule has 0 radical (unpaired) electrons. The summed E-state index contributed by atoms with van der Waals surface area (Å²) in [6, 6.07) is 10.6. The van der Waals surface area contributed by atoms with Crippen LogP contribution in [0.3, 0.4) is 0 Å². The molecule has 100 valence electrons. The van der Waals surface area contributed by atoms with Crippen molar-refractivity contribution in [3.63, 3.8) is 0 Å². The van der Waals surface area contributed by atoms with Crippen molar-refractivity contribution in [2.45, 2.75) is 25.9 Å². The minimum atomic E-state index is 0.495. The van der Waals surface area contributed by atoms with E-state index in [2.05, 4.69) is 14.3 Å². The van der Waals surface area contributed by atoms with E-state index in [9.17, 15) is 0 Å². The van der Waals surface area contributed by atoms with Gasteiger partial charge in [0.1, 0.15) is 6.61 Å². The van der Waals surface area contributed by atoms with E-state index in [1.807, 2.05) is 30.3 Å². The molecule has 1 aliphatic rings. The molecule has 1 aromatic carbocycles. The Morgan fingerprint density at radius 3 is 2.68 bits per heavy atom. The van der Waals surface area contributed by atoms with E-state index < -0.39 is 0 Å². The Labute approximate surface area is 117 Å². The second-order valence-corrected chi connectivity index (χ2v) is 5.41. The van der Waals surface area contributed by atoms with Gasteiger partial charge >= 0.3 is 6.01 Å². The van der Waals surface area contributed by atoms with Gasteiger partial charge in [-0.15, -0.1) is 4.37 Å². The Bertz CT molecular complexity index is 508. The molecule has 1 aromatic heterocycles. The van der Waals surface area contributed by atoms with Crippen LogP contribution in [0.5, 0.6) is 6.01 Å². The Balaban J connectivity index is 1.58. The summed E-state index contributed by atoms with van der Waals surface area (Å²) >= 11 is 1.43. The summed E-state index contributed by atoms with van der Waals surface area (Å²) < 4.78 is 9.90. The molecule has 0 unspecified atom stereocenters. The Kier molecular flexibility index (Phi) is 3.93. The fourth-order valence-corrected chi connectivity index (χ4v) is 2.87. The summed E-state index contributed by atoms with van der Waals surface area (Å²) in [7, 11) is 0. The summed E-state index contributed by atoms with van der Waals surface area (Å²) in [6.45, 7) is 2.71. The SMILES string of the molecule is c1ccc(COc2nsc(N3CCCCC3)n2)cc1. The van der Waals surface area contributed by atoms with E-state index in [4.69, 9.17) is 4.74 Å². The smallest absolute Gasteiger partial charge is 0.330 e. The third kappa shape index (κ3) is 3.23. The Hall–Kier alpha value is -1.62. The largest absolute Gasteiger partial charge is 0.458 e. The van der Waals surface area contributed by atoms with Gasteiger partial charge in [-0.1, -0.05) is 30.3 Å². The Morgan fingerprint density at radius 2 is 1.89 bits per heavy atom. The number of piperidine rings is 1. The van der Waals surface area contributed by atoms with E-state index in [0.717, 1.165) is 23.8 Å². The Morgan fingerprint density at radius 1 is 1.11 bits per heavy atom. The highest BCUT2D eigenvalue weighted by molar-refractivity contribution is 7.09. The van der Waals surface area contributed by atoms with E-state index >= 15 is 0 Å². The van der Waals surface area contributed by atoms with Crippen LogP contribution in [-0.4, -0.2) is 22.4 Å². The fourth-order valence-electron chi connectivity index (χ4n) is 2.20. The van der Waals surface area contributed by atoms with Gasteiger partial charge in [0, 0.05) is 24.6 Å². The van der Waals surface area contributed by atoms with Gasteiger partial charge in [-0.05, 0) is 24.8 Å². The van der Waals surface area contributed by atoms with Crippen molar-refractivity contribution < 1.29 is 4.74 Å². The van der Waals surface area contributed by atoms with Crippen LogP contribution in [0.1, 0.15) is 24.8 Å². The second-order valence-electron chi connectivity index (χ2n) is 4.68. The van der Waals surface area contributed by atoms with Gasteiger partial charge in [-0.2, -0.15) is 4.98 Å². The van der Waals surface area contributed by atoms with Crippen LogP contribution in [0.2, 0.25) is 0 Å². The van der Waals surface area contributed by atoms with Crippen LogP contribution in [0.25, 0.3) is 0 Å². The van der Waals surface area contributed by atoms with Crippen molar-refractivity contribution in [3.05, 3.63) is 35.9 Å². The molecule has 5 heteroatoms. The first-order valence-corrected chi connectivity index (χ1v) is 7.44. The standard InChI is InChI=1S/C14H17N3OS/c1-3-7-12(8-4-1)11-18-13-15-14(19-16-13)17-9-5-2-6-10-17/h1,3-4,7-8H,2,5-6,9-11H2. The van der Waals surface area contributed by atoms with Crippen LogP contribution in [0, 0.1) is 0 Å². The van der Waals surface area contributed by atoms with Crippen molar-refractivity contribution in [2.75, 3.05) is 18.0 Å². The van der Waals surface area contributed by atoms with Crippen LogP contribution in [0.15, 0.2) is 30.3 Å². The highest BCUT2D eigenvalue weighted by Gasteiger charge is 2.15. The quantitative estimate of drug-likeness (QED) is 0.859.